The van der Waals surface area contributed by atoms with E-state index in [4.69, 9.17) is 11.6 Å². The zero-order valence-electron chi connectivity index (χ0n) is 12.2. The van der Waals surface area contributed by atoms with E-state index in [1.165, 1.54) is 5.54 Å². The number of hydrogen-bond acceptors (Lipinski definition) is 2. The molecule has 1 N–H and O–H groups in total. The van der Waals surface area contributed by atoms with Gasteiger partial charge in [-0.05, 0) is 18.9 Å². The highest BCUT2D eigenvalue weighted by Crippen LogP contribution is 2.29. The lowest BCUT2D eigenvalue weighted by molar-refractivity contribution is -0.154. The average molecular weight is 307 g/mol. The Morgan fingerprint density at radius 1 is 1.33 bits per heavy atom. The fourth-order valence-electron chi connectivity index (χ4n) is 2.69. The molecular formula is C16H19ClN2O2. The molecule has 1 fully saturated rings. The Balaban J connectivity index is 2.41. The van der Waals surface area contributed by atoms with Crippen LogP contribution in [0.3, 0.4) is 0 Å². The first-order chi connectivity index (χ1) is 10.0. The van der Waals surface area contributed by atoms with Crippen LogP contribution in [0.2, 0.25) is 0 Å². The van der Waals surface area contributed by atoms with Crippen LogP contribution in [0.4, 0.5) is 0 Å². The summed E-state index contributed by atoms with van der Waals surface area (Å²) in [7, 11) is 0. The Kier molecular flexibility index (Phi) is 4.68. The van der Waals surface area contributed by atoms with Gasteiger partial charge >= 0.3 is 0 Å². The molecule has 112 valence electrons. The van der Waals surface area contributed by atoms with Crippen LogP contribution in [0.15, 0.2) is 41.9 Å². The van der Waals surface area contributed by atoms with Crippen molar-refractivity contribution in [2.24, 2.45) is 0 Å². The Morgan fingerprint density at radius 3 is 2.57 bits per heavy atom. The zero-order valence-corrected chi connectivity index (χ0v) is 12.9. The molecule has 1 aromatic carbocycles. The van der Waals surface area contributed by atoms with Gasteiger partial charge < -0.3 is 10.2 Å². The van der Waals surface area contributed by atoms with Gasteiger partial charge in [-0.1, -0.05) is 54.9 Å². The predicted molar refractivity (Wildman–Crippen MR) is 82.7 cm³/mol. The minimum Gasteiger partial charge on any atom is -0.336 e. The molecule has 1 saturated heterocycles. The van der Waals surface area contributed by atoms with Gasteiger partial charge in [-0.25, -0.2) is 0 Å². The smallest absolute Gasteiger partial charge is 0.253 e. The largest absolute Gasteiger partial charge is 0.336 e. The molecule has 0 saturated carbocycles. The Bertz CT molecular complexity index is 559. The highest BCUT2D eigenvalue weighted by atomic mass is 35.5. The molecule has 0 aliphatic carbocycles. The maximum Gasteiger partial charge on any atom is 0.253 e. The van der Waals surface area contributed by atoms with Gasteiger partial charge in [-0.2, -0.15) is 0 Å². The van der Waals surface area contributed by atoms with Gasteiger partial charge in [0.05, 0.1) is 0 Å². The van der Waals surface area contributed by atoms with Gasteiger partial charge in [0, 0.05) is 12.1 Å². The summed E-state index contributed by atoms with van der Waals surface area (Å²) in [6.07, 6.45) is 2.24. The number of nitrogens with zero attached hydrogens (tertiary/aromatic N) is 1. The fourth-order valence-corrected chi connectivity index (χ4v) is 2.77. The molecule has 2 rings (SSSR count). The third-order valence-corrected chi connectivity index (χ3v) is 4.05. The molecule has 21 heavy (non-hydrogen) atoms. The van der Waals surface area contributed by atoms with Crippen molar-refractivity contribution in [2.45, 2.75) is 31.8 Å². The van der Waals surface area contributed by atoms with Gasteiger partial charge in [-0.15, -0.1) is 0 Å². The highest BCUT2D eigenvalue weighted by Gasteiger charge is 2.47. The Hall–Kier alpha value is -1.81. The number of carbonyl (C=O) groups is 2. The summed E-state index contributed by atoms with van der Waals surface area (Å²) in [5.41, 5.74) is 1.11. The lowest BCUT2D eigenvalue weighted by Crippen LogP contribution is -2.67. The lowest BCUT2D eigenvalue weighted by Gasteiger charge is -2.44. The van der Waals surface area contributed by atoms with Crippen molar-refractivity contribution >= 4 is 23.4 Å². The van der Waals surface area contributed by atoms with E-state index in [-0.39, 0.29) is 11.8 Å². The first-order valence-electron chi connectivity index (χ1n) is 6.98. The third kappa shape index (κ3) is 2.81. The van der Waals surface area contributed by atoms with Crippen LogP contribution in [0.5, 0.6) is 0 Å². The summed E-state index contributed by atoms with van der Waals surface area (Å²) < 4.78 is 0. The number of halogens is 1. The first-order valence-corrected chi connectivity index (χ1v) is 7.42. The van der Waals surface area contributed by atoms with Gasteiger partial charge in [0.2, 0.25) is 5.91 Å². The monoisotopic (exact) mass is 306 g/mol. The van der Waals surface area contributed by atoms with Gasteiger partial charge in [0.25, 0.3) is 5.91 Å². The predicted octanol–water partition coefficient (Wildman–Crippen LogP) is 2.39. The summed E-state index contributed by atoms with van der Waals surface area (Å²) in [6.45, 7) is 3.96. The molecule has 1 aliphatic rings. The molecular weight excluding hydrogens is 288 g/mol. The molecule has 1 aromatic rings. The van der Waals surface area contributed by atoms with Crippen molar-refractivity contribution in [3.05, 3.63) is 47.5 Å². The van der Waals surface area contributed by atoms with Crippen LogP contribution < -0.4 is 5.32 Å². The van der Waals surface area contributed by atoms with E-state index in [0.29, 0.717) is 13.0 Å². The quantitative estimate of drug-likeness (QED) is 0.928. The summed E-state index contributed by atoms with van der Waals surface area (Å²) >= 11 is 5.56. The molecule has 1 heterocycles. The van der Waals surface area contributed by atoms with Crippen molar-refractivity contribution in [1.82, 2.24) is 10.2 Å². The van der Waals surface area contributed by atoms with Crippen molar-refractivity contribution in [3.63, 3.8) is 0 Å². The van der Waals surface area contributed by atoms with Crippen LogP contribution in [-0.2, 0) is 15.1 Å². The van der Waals surface area contributed by atoms with Gasteiger partial charge in [-0.3, -0.25) is 9.59 Å². The number of benzene rings is 1. The summed E-state index contributed by atoms with van der Waals surface area (Å²) in [5, 5.41) is 2.88. The second-order valence-corrected chi connectivity index (χ2v) is 5.48. The number of nitrogens with one attached hydrogen (secondary N) is 1. The third-order valence-electron chi connectivity index (χ3n) is 3.87. The van der Waals surface area contributed by atoms with E-state index in [1.54, 1.807) is 17.9 Å². The van der Waals surface area contributed by atoms with Crippen LogP contribution in [0, 0.1) is 0 Å². The Labute approximate surface area is 129 Å². The summed E-state index contributed by atoms with van der Waals surface area (Å²) in [6, 6.07) is 8.83. The number of rotatable bonds is 4. The molecule has 4 nitrogen and oxygen atoms in total. The second kappa shape index (κ2) is 6.31. The normalized spacial score (nSPS) is 26.2. The van der Waals surface area contributed by atoms with Crippen LogP contribution in [-0.4, -0.2) is 29.3 Å². The Morgan fingerprint density at radius 2 is 2.00 bits per heavy atom. The number of hydrogen-bond donors (Lipinski definition) is 1. The molecule has 0 spiro atoms. The second-order valence-electron chi connectivity index (χ2n) is 5.22. The minimum atomic E-state index is -1.04. The lowest BCUT2D eigenvalue weighted by atomic mass is 9.86. The molecule has 2 atom stereocenters. The molecule has 1 aliphatic heterocycles. The van der Waals surface area contributed by atoms with Crippen molar-refractivity contribution in [2.75, 3.05) is 6.54 Å². The maximum absolute atomic E-state index is 12.9. The molecule has 0 bridgehead atoms. The van der Waals surface area contributed by atoms with E-state index in [1.807, 2.05) is 37.3 Å². The average Bonchev–Trinajstić information content (AvgIpc) is 2.50. The van der Waals surface area contributed by atoms with Crippen LogP contribution in [0.1, 0.15) is 25.8 Å². The standard InChI is InChI=1S/C16H19ClN2O2/c1-3-13-14(20)18-16(2,12-8-5-4-6-9-12)15(21)19(13)11-7-10-17/h4-10,13H,3,11H2,1-2H3,(H,18,20)/b10-7+. The summed E-state index contributed by atoms with van der Waals surface area (Å²) in [5.74, 6) is -0.249. The first kappa shape index (κ1) is 15.6. The van der Waals surface area contributed by atoms with E-state index in [2.05, 4.69) is 5.32 Å². The molecule has 2 unspecified atom stereocenters. The van der Waals surface area contributed by atoms with Crippen molar-refractivity contribution in [1.29, 1.82) is 0 Å². The highest BCUT2D eigenvalue weighted by molar-refractivity contribution is 6.25. The van der Waals surface area contributed by atoms with Crippen LogP contribution >= 0.6 is 11.6 Å². The van der Waals surface area contributed by atoms with E-state index < -0.39 is 11.6 Å². The number of carbonyl (C=O) groups excluding carboxylic acids is 2. The SMILES string of the molecule is CCC1C(=O)NC(C)(c2ccccc2)C(=O)N1C/C=C/Cl. The molecule has 2 amide bonds. The maximum atomic E-state index is 12.9. The van der Waals surface area contributed by atoms with Crippen LogP contribution in [0.25, 0.3) is 0 Å². The molecule has 5 heteroatoms. The van der Waals surface area contributed by atoms with Gasteiger partial charge in [0.15, 0.2) is 0 Å². The number of amides is 2. The summed E-state index contributed by atoms with van der Waals surface area (Å²) in [4.78, 5) is 26.9. The van der Waals surface area contributed by atoms with E-state index in [0.717, 1.165) is 5.56 Å². The minimum absolute atomic E-state index is 0.116. The number of piperazine rings is 1. The van der Waals surface area contributed by atoms with Crippen molar-refractivity contribution < 1.29 is 9.59 Å². The van der Waals surface area contributed by atoms with E-state index in [9.17, 15) is 9.59 Å². The zero-order chi connectivity index (χ0) is 15.5. The topological polar surface area (TPSA) is 49.4 Å². The van der Waals surface area contributed by atoms with Gasteiger partial charge in [0.1, 0.15) is 11.6 Å². The van der Waals surface area contributed by atoms with Crippen molar-refractivity contribution in [3.8, 4) is 0 Å². The van der Waals surface area contributed by atoms with E-state index >= 15 is 0 Å². The fraction of sp³-hybridized carbons (Fsp3) is 0.375. The molecule has 0 aromatic heterocycles. The molecule has 0 radical (unpaired) electrons.